The van der Waals surface area contributed by atoms with Crippen LogP contribution in [0.4, 0.5) is 13.2 Å². The number of rotatable bonds is 5. The second-order valence-corrected chi connectivity index (χ2v) is 11.8. The van der Waals surface area contributed by atoms with E-state index in [0.717, 1.165) is 5.56 Å². The van der Waals surface area contributed by atoms with Gasteiger partial charge >= 0.3 is 12.1 Å². The molecule has 1 aliphatic heterocycles. The van der Waals surface area contributed by atoms with Gasteiger partial charge in [-0.3, -0.25) is 14.4 Å². The fourth-order valence-corrected chi connectivity index (χ4v) is 5.70. The third-order valence-corrected chi connectivity index (χ3v) is 7.90. The van der Waals surface area contributed by atoms with Crippen LogP contribution >= 0.6 is 0 Å². The predicted molar refractivity (Wildman–Crippen MR) is 130 cm³/mol. The topological polar surface area (TPSA) is 120 Å². The summed E-state index contributed by atoms with van der Waals surface area (Å²) in [5.74, 6) is -3.84. The highest BCUT2D eigenvalue weighted by molar-refractivity contribution is 5.95. The molecule has 3 amide bonds. The van der Waals surface area contributed by atoms with Crippen molar-refractivity contribution in [2.45, 2.75) is 65.8 Å². The van der Waals surface area contributed by atoms with Crippen molar-refractivity contribution in [1.29, 1.82) is 5.26 Å². The van der Waals surface area contributed by atoms with Crippen molar-refractivity contribution in [3.8, 4) is 6.07 Å². The van der Waals surface area contributed by atoms with Gasteiger partial charge in [0, 0.05) is 18.3 Å². The van der Waals surface area contributed by atoms with Gasteiger partial charge in [-0.1, -0.05) is 40.7 Å². The van der Waals surface area contributed by atoms with Gasteiger partial charge in [-0.2, -0.15) is 23.5 Å². The Morgan fingerprint density at radius 3 is 2.45 bits per heavy atom. The number of nitrogens with zero attached hydrogens (tertiary/aromatic N) is 4. The van der Waals surface area contributed by atoms with Crippen LogP contribution in [0, 0.1) is 40.9 Å². The van der Waals surface area contributed by atoms with Crippen molar-refractivity contribution in [2.24, 2.45) is 22.7 Å². The SMILES string of the molecule is Cc1cccn2ncc(C(C#N)NC(=O)[C@@H]3[C@@H]4[C@H](CN3C(=O)[C@@H](NC(=O)C(F)(F)F)C(C)(C)C)C4(C)C)c12. The number of pyridine rings is 1. The molecule has 1 aliphatic carbocycles. The van der Waals surface area contributed by atoms with Crippen molar-refractivity contribution in [3.63, 3.8) is 0 Å². The average molecular weight is 533 g/mol. The van der Waals surface area contributed by atoms with Crippen LogP contribution in [0.15, 0.2) is 24.5 Å². The van der Waals surface area contributed by atoms with E-state index < -0.39 is 47.4 Å². The van der Waals surface area contributed by atoms with Crippen LogP contribution < -0.4 is 10.6 Å². The lowest BCUT2D eigenvalue weighted by Gasteiger charge is -2.37. The van der Waals surface area contributed by atoms with Crippen LogP contribution in [0.1, 0.15) is 51.8 Å². The number of fused-ring (bicyclic) bond motifs is 2. The van der Waals surface area contributed by atoms with E-state index >= 15 is 0 Å². The fourth-order valence-electron chi connectivity index (χ4n) is 5.70. The minimum absolute atomic E-state index is 0.0408. The van der Waals surface area contributed by atoms with Crippen LogP contribution in [0.5, 0.6) is 0 Å². The maximum absolute atomic E-state index is 13.7. The average Bonchev–Trinajstić information content (AvgIpc) is 3.20. The lowest BCUT2D eigenvalue weighted by Crippen LogP contribution is -2.60. The van der Waals surface area contributed by atoms with Gasteiger partial charge in [-0.15, -0.1) is 0 Å². The summed E-state index contributed by atoms with van der Waals surface area (Å²) in [6.07, 6.45) is -1.94. The maximum Gasteiger partial charge on any atom is 0.471 e. The summed E-state index contributed by atoms with van der Waals surface area (Å²) in [6.45, 7) is 10.6. The molecule has 0 spiro atoms. The van der Waals surface area contributed by atoms with Crippen molar-refractivity contribution in [1.82, 2.24) is 25.1 Å². The zero-order chi connectivity index (χ0) is 28.4. The van der Waals surface area contributed by atoms with Crippen LogP contribution in [0.3, 0.4) is 0 Å². The first-order valence-electron chi connectivity index (χ1n) is 12.3. The number of carbonyl (C=O) groups is 3. The first kappa shape index (κ1) is 27.4. The normalized spacial score (nSPS) is 23.8. The summed E-state index contributed by atoms with van der Waals surface area (Å²) >= 11 is 0. The number of nitrogens with one attached hydrogen (secondary N) is 2. The number of amides is 3. The summed E-state index contributed by atoms with van der Waals surface area (Å²) in [5, 5.41) is 18.8. The van der Waals surface area contributed by atoms with E-state index in [1.54, 1.807) is 37.5 Å². The maximum atomic E-state index is 13.7. The predicted octanol–water partition coefficient (Wildman–Crippen LogP) is 2.90. The Balaban J connectivity index is 1.63. The standard InChI is InChI=1S/C26H31F3N6O3/c1-13-8-7-9-35-18(13)14(11-31-35)16(10-30)32-21(36)19-17-15(25(17,5)6)12-34(19)22(37)20(24(2,3)4)33-23(38)26(27,28)29/h7-9,11,15-17,19-20H,12H2,1-6H3,(H,32,36)(H,33,38)/t15-,16?,17-,19-,20+/m0/s1. The minimum atomic E-state index is -5.16. The van der Waals surface area contributed by atoms with Gasteiger partial charge in [-0.05, 0) is 41.2 Å². The number of aryl methyl sites for hydroxylation is 1. The first-order chi connectivity index (χ1) is 17.5. The van der Waals surface area contributed by atoms with E-state index in [1.807, 2.05) is 32.2 Å². The summed E-state index contributed by atoms with van der Waals surface area (Å²) in [4.78, 5) is 40.3. The molecule has 4 rings (SSSR count). The van der Waals surface area contributed by atoms with Crippen molar-refractivity contribution >= 4 is 23.2 Å². The number of nitriles is 1. The fraction of sp³-hybridized carbons (Fsp3) is 0.577. The van der Waals surface area contributed by atoms with Gasteiger partial charge < -0.3 is 15.5 Å². The minimum Gasteiger partial charge on any atom is -0.336 e. The molecule has 3 heterocycles. The van der Waals surface area contributed by atoms with E-state index in [4.69, 9.17) is 0 Å². The smallest absolute Gasteiger partial charge is 0.336 e. The molecule has 2 fully saturated rings. The van der Waals surface area contributed by atoms with Crippen molar-refractivity contribution < 1.29 is 27.6 Å². The number of aromatic nitrogens is 2. The molecule has 2 aromatic heterocycles. The third-order valence-electron chi connectivity index (χ3n) is 7.90. The number of likely N-dealkylation sites (tertiary alicyclic amines) is 1. The summed E-state index contributed by atoms with van der Waals surface area (Å²) in [5.41, 5.74) is 0.681. The van der Waals surface area contributed by atoms with E-state index in [2.05, 4.69) is 16.5 Å². The Labute approximate surface area is 218 Å². The van der Waals surface area contributed by atoms with Gasteiger partial charge in [-0.25, -0.2) is 4.52 Å². The molecule has 2 aliphatic rings. The largest absolute Gasteiger partial charge is 0.471 e. The van der Waals surface area contributed by atoms with Crippen LogP contribution in [0.25, 0.3) is 5.52 Å². The monoisotopic (exact) mass is 532 g/mol. The molecule has 38 heavy (non-hydrogen) atoms. The lowest BCUT2D eigenvalue weighted by molar-refractivity contribution is -0.176. The highest BCUT2D eigenvalue weighted by Gasteiger charge is 2.70. The molecule has 2 aromatic rings. The molecule has 2 N–H and O–H groups in total. The van der Waals surface area contributed by atoms with Crippen LogP contribution in [-0.4, -0.2) is 57.0 Å². The molecule has 9 nitrogen and oxygen atoms in total. The first-order valence-corrected chi connectivity index (χ1v) is 12.3. The zero-order valence-corrected chi connectivity index (χ0v) is 22.1. The van der Waals surface area contributed by atoms with E-state index in [1.165, 1.54) is 11.1 Å². The van der Waals surface area contributed by atoms with Gasteiger partial charge in [0.2, 0.25) is 11.8 Å². The van der Waals surface area contributed by atoms with Gasteiger partial charge in [0.15, 0.2) is 0 Å². The van der Waals surface area contributed by atoms with Crippen molar-refractivity contribution in [2.75, 3.05) is 6.54 Å². The van der Waals surface area contributed by atoms with E-state index in [-0.39, 0.29) is 23.8 Å². The van der Waals surface area contributed by atoms with Gasteiger partial charge in [0.25, 0.3) is 0 Å². The lowest BCUT2D eigenvalue weighted by atomic mass is 9.85. The number of alkyl halides is 3. The molecule has 0 radical (unpaired) electrons. The highest BCUT2D eigenvalue weighted by Crippen LogP contribution is 2.65. The summed E-state index contributed by atoms with van der Waals surface area (Å²) < 4.78 is 40.7. The number of halogens is 3. The Hall–Kier alpha value is -3.62. The molecule has 0 bridgehead atoms. The van der Waals surface area contributed by atoms with Gasteiger partial charge in [0.05, 0.1) is 17.8 Å². The Bertz CT molecular complexity index is 1340. The summed E-state index contributed by atoms with van der Waals surface area (Å²) in [6, 6.07) is 2.16. The second-order valence-electron chi connectivity index (χ2n) is 11.8. The Kier molecular flexibility index (Phi) is 6.49. The molecular weight excluding hydrogens is 501 g/mol. The van der Waals surface area contributed by atoms with Gasteiger partial charge in [0.1, 0.15) is 18.1 Å². The number of hydrogen-bond donors (Lipinski definition) is 2. The number of hydrogen-bond acceptors (Lipinski definition) is 5. The second kappa shape index (κ2) is 8.99. The number of piperidine rings is 1. The van der Waals surface area contributed by atoms with Crippen molar-refractivity contribution in [3.05, 3.63) is 35.7 Å². The molecule has 204 valence electrons. The Morgan fingerprint density at radius 2 is 1.87 bits per heavy atom. The highest BCUT2D eigenvalue weighted by atomic mass is 19.4. The molecule has 1 saturated carbocycles. The quantitative estimate of drug-likeness (QED) is 0.614. The van der Waals surface area contributed by atoms with Crippen LogP contribution in [0.2, 0.25) is 0 Å². The van der Waals surface area contributed by atoms with E-state index in [0.29, 0.717) is 11.1 Å². The molecule has 5 atom stereocenters. The zero-order valence-electron chi connectivity index (χ0n) is 22.1. The van der Waals surface area contributed by atoms with E-state index in [9.17, 15) is 32.8 Å². The molecular formula is C26H31F3N6O3. The third kappa shape index (κ3) is 4.59. The van der Waals surface area contributed by atoms with Crippen LogP contribution in [-0.2, 0) is 14.4 Å². The molecule has 1 saturated heterocycles. The summed E-state index contributed by atoms with van der Waals surface area (Å²) in [7, 11) is 0. The molecule has 12 heteroatoms. The molecule has 1 unspecified atom stereocenters. The number of carbonyl (C=O) groups excluding carboxylic acids is 3. The Morgan fingerprint density at radius 1 is 1.21 bits per heavy atom. The molecule has 0 aromatic carbocycles.